The maximum Gasteiger partial charge on any atom is 0.335 e. The number of aromatic carboxylic acids is 1. The Morgan fingerprint density at radius 3 is 2.95 bits per heavy atom. The number of aryl methyl sites for hydroxylation is 1. The van der Waals surface area contributed by atoms with Gasteiger partial charge < -0.3 is 10.0 Å². The lowest BCUT2D eigenvalue weighted by atomic mass is 9.94. The molecule has 0 saturated heterocycles. The van der Waals surface area contributed by atoms with Crippen LogP contribution in [0.25, 0.3) is 0 Å². The van der Waals surface area contributed by atoms with Crippen LogP contribution in [0, 0.1) is 6.92 Å². The van der Waals surface area contributed by atoms with Crippen molar-refractivity contribution < 1.29 is 9.90 Å². The first kappa shape index (κ1) is 12.6. The second-order valence-electron chi connectivity index (χ2n) is 4.88. The predicted molar refractivity (Wildman–Crippen MR) is 74.9 cm³/mol. The van der Waals surface area contributed by atoms with Crippen LogP contribution in [-0.2, 0) is 13.0 Å². The minimum Gasteiger partial charge on any atom is -0.478 e. The molecule has 0 saturated carbocycles. The summed E-state index contributed by atoms with van der Waals surface area (Å²) in [5.41, 5.74) is 2.43. The van der Waals surface area contributed by atoms with E-state index >= 15 is 0 Å². The number of anilines is 1. The molecule has 2 aromatic rings. The molecule has 1 aromatic carbocycles. The molecule has 0 radical (unpaired) electrons. The number of carboxylic acid groups (broad SMARTS) is 1. The van der Waals surface area contributed by atoms with Crippen molar-refractivity contribution in [2.75, 3.05) is 11.4 Å². The van der Waals surface area contributed by atoms with Crippen LogP contribution in [0.2, 0.25) is 0 Å². The molecule has 0 bridgehead atoms. The van der Waals surface area contributed by atoms with Crippen LogP contribution < -0.4 is 4.90 Å². The molecule has 1 aromatic heterocycles. The van der Waals surface area contributed by atoms with Crippen molar-refractivity contribution in [3.05, 3.63) is 53.0 Å². The van der Waals surface area contributed by atoms with Gasteiger partial charge in [-0.05, 0) is 36.6 Å². The minimum absolute atomic E-state index is 0.418. The standard InChI is InChI=1S/C15H15N3O2/c1-10-16-7-5-14(17-10)18-8-6-12-11(9-18)3-2-4-13(12)15(19)20/h2-5,7H,6,8-9H2,1H3,(H,19,20). The zero-order valence-electron chi connectivity index (χ0n) is 11.2. The molecule has 5 heteroatoms. The number of nitrogens with zero attached hydrogens (tertiary/aromatic N) is 3. The predicted octanol–water partition coefficient (Wildman–Crippen LogP) is 2.05. The average molecular weight is 269 g/mol. The Balaban J connectivity index is 1.93. The first-order valence-electron chi connectivity index (χ1n) is 6.54. The monoisotopic (exact) mass is 269 g/mol. The lowest BCUT2D eigenvalue weighted by molar-refractivity contribution is 0.0695. The van der Waals surface area contributed by atoms with Crippen LogP contribution in [0.1, 0.15) is 27.3 Å². The van der Waals surface area contributed by atoms with Crippen molar-refractivity contribution in [1.29, 1.82) is 0 Å². The molecule has 0 atom stereocenters. The molecule has 102 valence electrons. The van der Waals surface area contributed by atoms with Crippen molar-refractivity contribution in [2.24, 2.45) is 0 Å². The number of carboxylic acids is 1. The van der Waals surface area contributed by atoms with Gasteiger partial charge in [0.25, 0.3) is 0 Å². The Hall–Kier alpha value is -2.43. The summed E-state index contributed by atoms with van der Waals surface area (Å²) in [6.45, 7) is 3.32. The number of carbonyl (C=O) groups is 1. The molecular formula is C15H15N3O2. The van der Waals surface area contributed by atoms with Gasteiger partial charge in [-0.15, -0.1) is 0 Å². The van der Waals surface area contributed by atoms with E-state index < -0.39 is 5.97 Å². The van der Waals surface area contributed by atoms with Gasteiger partial charge in [0.1, 0.15) is 11.6 Å². The Kier molecular flexibility index (Phi) is 3.10. The summed E-state index contributed by atoms with van der Waals surface area (Å²) in [4.78, 5) is 21.9. The maximum atomic E-state index is 11.2. The lowest BCUT2D eigenvalue weighted by Gasteiger charge is -2.30. The molecule has 1 aliphatic heterocycles. The molecule has 1 N–H and O–H groups in total. The summed E-state index contributed by atoms with van der Waals surface area (Å²) < 4.78 is 0. The van der Waals surface area contributed by atoms with Crippen LogP contribution in [0.15, 0.2) is 30.5 Å². The van der Waals surface area contributed by atoms with Crippen molar-refractivity contribution in [2.45, 2.75) is 19.9 Å². The third kappa shape index (κ3) is 2.22. The van der Waals surface area contributed by atoms with Gasteiger partial charge >= 0.3 is 5.97 Å². The Morgan fingerprint density at radius 2 is 2.20 bits per heavy atom. The summed E-state index contributed by atoms with van der Waals surface area (Å²) in [6, 6.07) is 7.35. The second-order valence-corrected chi connectivity index (χ2v) is 4.88. The maximum absolute atomic E-state index is 11.2. The highest BCUT2D eigenvalue weighted by Crippen LogP contribution is 2.25. The van der Waals surface area contributed by atoms with Gasteiger partial charge in [0.2, 0.25) is 0 Å². The van der Waals surface area contributed by atoms with Gasteiger partial charge in [0, 0.05) is 19.3 Å². The van der Waals surface area contributed by atoms with Crippen molar-refractivity contribution in [1.82, 2.24) is 9.97 Å². The fourth-order valence-corrected chi connectivity index (χ4v) is 2.63. The highest BCUT2D eigenvalue weighted by molar-refractivity contribution is 5.90. The smallest absolute Gasteiger partial charge is 0.335 e. The minimum atomic E-state index is -0.854. The number of hydrogen-bond acceptors (Lipinski definition) is 4. The lowest BCUT2D eigenvalue weighted by Crippen LogP contribution is -2.32. The van der Waals surface area contributed by atoms with Gasteiger partial charge in [0.15, 0.2) is 0 Å². The fraction of sp³-hybridized carbons (Fsp3) is 0.267. The van der Waals surface area contributed by atoms with Crippen molar-refractivity contribution >= 4 is 11.8 Å². The second kappa shape index (κ2) is 4.92. The molecule has 0 spiro atoms. The van der Waals surface area contributed by atoms with Crippen LogP contribution in [0.4, 0.5) is 5.82 Å². The highest BCUT2D eigenvalue weighted by Gasteiger charge is 2.21. The molecule has 1 aliphatic rings. The number of fused-ring (bicyclic) bond motifs is 1. The molecule has 2 heterocycles. The molecule has 0 unspecified atom stereocenters. The van der Waals surface area contributed by atoms with Crippen LogP contribution in [0.3, 0.4) is 0 Å². The van der Waals surface area contributed by atoms with Gasteiger partial charge in [-0.2, -0.15) is 0 Å². The van der Waals surface area contributed by atoms with E-state index in [1.807, 2.05) is 19.1 Å². The molecule has 5 nitrogen and oxygen atoms in total. The quantitative estimate of drug-likeness (QED) is 0.903. The number of hydrogen-bond donors (Lipinski definition) is 1. The van der Waals surface area contributed by atoms with E-state index in [9.17, 15) is 9.90 Å². The number of rotatable bonds is 2. The van der Waals surface area contributed by atoms with Gasteiger partial charge in [-0.3, -0.25) is 0 Å². The van der Waals surface area contributed by atoms with Crippen molar-refractivity contribution in [3.63, 3.8) is 0 Å². The van der Waals surface area contributed by atoms with E-state index in [-0.39, 0.29) is 0 Å². The van der Waals surface area contributed by atoms with Gasteiger partial charge in [-0.1, -0.05) is 12.1 Å². The normalized spacial score (nSPS) is 13.9. The van der Waals surface area contributed by atoms with Crippen molar-refractivity contribution in [3.8, 4) is 0 Å². The molecule has 3 rings (SSSR count). The SMILES string of the molecule is Cc1nccc(N2CCc3c(cccc3C(=O)O)C2)n1. The Morgan fingerprint density at radius 1 is 1.35 bits per heavy atom. The molecule has 20 heavy (non-hydrogen) atoms. The largest absolute Gasteiger partial charge is 0.478 e. The summed E-state index contributed by atoms with van der Waals surface area (Å²) in [5, 5.41) is 9.23. The van der Waals surface area contributed by atoms with E-state index in [0.29, 0.717) is 12.1 Å². The van der Waals surface area contributed by atoms with Crippen LogP contribution in [-0.4, -0.2) is 27.6 Å². The van der Waals surface area contributed by atoms with E-state index in [0.717, 1.165) is 35.7 Å². The molecule has 0 amide bonds. The topological polar surface area (TPSA) is 66.3 Å². The summed E-state index contributed by atoms with van der Waals surface area (Å²) in [6.07, 6.45) is 2.47. The average Bonchev–Trinajstić information content (AvgIpc) is 2.46. The molecule has 0 aliphatic carbocycles. The van der Waals surface area contributed by atoms with E-state index in [4.69, 9.17) is 0 Å². The first-order valence-corrected chi connectivity index (χ1v) is 6.54. The first-order chi connectivity index (χ1) is 9.65. The van der Waals surface area contributed by atoms with E-state index in [1.54, 1.807) is 18.3 Å². The van der Waals surface area contributed by atoms with E-state index in [2.05, 4.69) is 14.9 Å². The number of benzene rings is 1. The van der Waals surface area contributed by atoms with Crippen LogP contribution >= 0.6 is 0 Å². The van der Waals surface area contributed by atoms with Gasteiger partial charge in [-0.25, -0.2) is 14.8 Å². The third-order valence-electron chi connectivity index (χ3n) is 3.58. The Bertz CT molecular complexity index is 670. The molecular weight excluding hydrogens is 254 g/mol. The summed E-state index contributed by atoms with van der Waals surface area (Å²) in [7, 11) is 0. The Labute approximate surface area is 116 Å². The van der Waals surface area contributed by atoms with Gasteiger partial charge in [0.05, 0.1) is 5.56 Å². The van der Waals surface area contributed by atoms with E-state index in [1.165, 1.54) is 0 Å². The summed E-state index contributed by atoms with van der Waals surface area (Å²) in [5.74, 6) is 0.782. The fourth-order valence-electron chi connectivity index (χ4n) is 2.63. The number of aromatic nitrogens is 2. The van der Waals surface area contributed by atoms with Crippen LogP contribution in [0.5, 0.6) is 0 Å². The molecule has 0 fully saturated rings. The highest BCUT2D eigenvalue weighted by atomic mass is 16.4. The summed E-state index contributed by atoms with van der Waals surface area (Å²) >= 11 is 0. The third-order valence-corrected chi connectivity index (χ3v) is 3.58. The zero-order valence-corrected chi connectivity index (χ0v) is 11.2. The zero-order chi connectivity index (χ0) is 14.1.